The number of hydrogen-bond donors (Lipinski definition) is 1. The first-order valence-electron chi connectivity index (χ1n) is 7.45. The number of hydrogen-bond acceptors (Lipinski definition) is 6. The molecule has 6 nitrogen and oxygen atoms in total. The van der Waals surface area contributed by atoms with E-state index in [1.54, 1.807) is 13.0 Å². The Balaban J connectivity index is 2.12. The smallest absolute Gasteiger partial charge is 0.347 e. The minimum Gasteiger partial charge on any atom is -0.507 e. The molecule has 0 aromatic heterocycles. The van der Waals surface area contributed by atoms with Crippen molar-refractivity contribution in [3.63, 3.8) is 0 Å². The van der Waals surface area contributed by atoms with Crippen LogP contribution in [-0.2, 0) is 14.3 Å². The molecule has 1 fully saturated rings. The van der Waals surface area contributed by atoms with Gasteiger partial charge in [-0.1, -0.05) is 0 Å². The molecule has 0 amide bonds. The zero-order valence-corrected chi connectivity index (χ0v) is 13.0. The van der Waals surface area contributed by atoms with Crippen molar-refractivity contribution in [1.82, 2.24) is 0 Å². The molecule has 0 saturated carbocycles. The summed E-state index contributed by atoms with van der Waals surface area (Å²) >= 11 is 0. The Labute approximate surface area is 129 Å². The third kappa shape index (κ3) is 3.32. The molecule has 1 aliphatic heterocycles. The molecule has 1 saturated heterocycles. The summed E-state index contributed by atoms with van der Waals surface area (Å²) < 4.78 is 10.1. The van der Waals surface area contributed by atoms with Gasteiger partial charge in [0.1, 0.15) is 17.4 Å². The number of phenolic OH excluding ortho intramolecular Hbond substituents is 1. The minimum atomic E-state index is -0.899. The van der Waals surface area contributed by atoms with Crippen LogP contribution in [0.25, 0.3) is 0 Å². The van der Waals surface area contributed by atoms with Crippen LogP contribution in [-0.4, -0.2) is 42.3 Å². The molecule has 6 heteroatoms. The van der Waals surface area contributed by atoms with Crippen LogP contribution in [0, 0.1) is 0 Å². The van der Waals surface area contributed by atoms with Crippen molar-refractivity contribution in [2.24, 2.45) is 0 Å². The first-order chi connectivity index (χ1) is 10.5. The fraction of sp³-hybridized carbons (Fsp3) is 0.500. The van der Waals surface area contributed by atoms with E-state index in [1.807, 2.05) is 18.7 Å². The average Bonchev–Trinajstić information content (AvgIpc) is 2.78. The number of carbonyl (C=O) groups excluding carboxylic acids is 2. The molecular formula is C16H21NO5. The number of esters is 2. The quantitative estimate of drug-likeness (QED) is 0.840. The summed E-state index contributed by atoms with van der Waals surface area (Å²) in [6, 6.07) is 4.78. The van der Waals surface area contributed by atoms with Crippen molar-refractivity contribution < 1.29 is 24.2 Å². The highest BCUT2D eigenvalue weighted by Gasteiger charge is 2.35. The van der Waals surface area contributed by atoms with E-state index in [0.29, 0.717) is 6.42 Å². The van der Waals surface area contributed by atoms with Crippen molar-refractivity contribution in [3.05, 3.63) is 23.8 Å². The maximum absolute atomic E-state index is 12.1. The second kappa shape index (κ2) is 6.68. The topological polar surface area (TPSA) is 76.1 Å². The van der Waals surface area contributed by atoms with Gasteiger partial charge in [-0.2, -0.15) is 0 Å². The van der Waals surface area contributed by atoms with Crippen molar-refractivity contribution in [2.75, 3.05) is 18.0 Å². The monoisotopic (exact) mass is 307 g/mol. The van der Waals surface area contributed by atoms with Gasteiger partial charge in [-0.15, -0.1) is 0 Å². The lowest BCUT2D eigenvalue weighted by Gasteiger charge is -2.21. The predicted octanol–water partition coefficient (Wildman–Crippen LogP) is 2.10. The number of ether oxygens (including phenoxy) is 2. The number of phenols is 1. The van der Waals surface area contributed by atoms with Gasteiger partial charge in [0.15, 0.2) is 0 Å². The van der Waals surface area contributed by atoms with E-state index in [4.69, 9.17) is 9.47 Å². The Morgan fingerprint density at radius 1 is 1.41 bits per heavy atom. The predicted molar refractivity (Wildman–Crippen MR) is 81.0 cm³/mol. The zero-order chi connectivity index (χ0) is 16.3. The maximum Gasteiger partial charge on any atom is 0.347 e. The van der Waals surface area contributed by atoms with Crippen LogP contribution in [0.15, 0.2) is 18.2 Å². The standard InChI is InChI=1S/C16H21NO5/c1-4-17(5-2)11-6-7-12(13(18)9-11)15(19)22-14-8-10(3)21-16(14)20/h6-7,9-10,14,18H,4-5,8H2,1-3H3/t10-,14+/m0/s1. The molecular weight excluding hydrogens is 286 g/mol. The van der Waals surface area contributed by atoms with Crippen LogP contribution in [0.5, 0.6) is 5.75 Å². The van der Waals surface area contributed by atoms with Crippen LogP contribution in [0.1, 0.15) is 37.6 Å². The summed E-state index contributed by atoms with van der Waals surface area (Å²) in [5.41, 5.74) is 0.871. The van der Waals surface area contributed by atoms with Crippen molar-refractivity contribution in [1.29, 1.82) is 0 Å². The molecule has 0 bridgehead atoms. The SMILES string of the molecule is CCN(CC)c1ccc(C(=O)O[C@@H]2C[C@H](C)OC2=O)c(O)c1. The van der Waals surface area contributed by atoms with Gasteiger partial charge in [0.05, 0.1) is 0 Å². The summed E-state index contributed by atoms with van der Waals surface area (Å²) in [6.45, 7) is 7.35. The van der Waals surface area contributed by atoms with Crippen LogP contribution in [0.3, 0.4) is 0 Å². The van der Waals surface area contributed by atoms with Gasteiger partial charge in [0, 0.05) is 31.3 Å². The summed E-state index contributed by atoms with van der Waals surface area (Å²) in [7, 11) is 0. The van der Waals surface area contributed by atoms with Crippen LogP contribution < -0.4 is 4.90 Å². The maximum atomic E-state index is 12.1. The highest BCUT2D eigenvalue weighted by atomic mass is 16.6. The molecule has 1 aromatic carbocycles. The van der Waals surface area contributed by atoms with Crippen molar-refractivity contribution in [2.45, 2.75) is 39.4 Å². The van der Waals surface area contributed by atoms with Gasteiger partial charge >= 0.3 is 11.9 Å². The summed E-state index contributed by atoms with van der Waals surface area (Å²) in [5, 5.41) is 10.0. The average molecular weight is 307 g/mol. The Morgan fingerprint density at radius 3 is 2.59 bits per heavy atom. The summed E-state index contributed by atoms with van der Waals surface area (Å²) in [4.78, 5) is 25.6. The number of cyclic esters (lactones) is 1. The molecule has 1 N–H and O–H groups in total. The van der Waals surface area contributed by atoms with E-state index in [1.165, 1.54) is 12.1 Å². The Morgan fingerprint density at radius 2 is 2.09 bits per heavy atom. The third-order valence-corrected chi connectivity index (χ3v) is 3.71. The highest BCUT2D eigenvalue weighted by molar-refractivity contribution is 5.94. The Bertz CT molecular complexity index is 568. The van der Waals surface area contributed by atoms with E-state index in [2.05, 4.69) is 0 Å². The number of carbonyl (C=O) groups is 2. The number of aromatic hydroxyl groups is 1. The third-order valence-electron chi connectivity index (χ3n) is 3.71. The molecule has 1 aliphatic rings. The lowest BCUT2D eigenvalue weighted by molar-refractivity contribution is -0.147. The highest BCUT2D eigenvalue weighted by Crippen LogP contribution is 2.27. The molecule has 0 unspecified atom stereocenters. The number of nitrogens with zero attached hydrogens (tertiary/aromatic N) is 1. The molecule has 0 spiro atoms. The van der Waals surface area contributed by atoms with Crippen LogP contribution >= 0.6 is 0 Å². The molecule has 2 atom stereocenters. The summed E-state index contributed by atoms with van der Waals surface area (Å²) in [6.07, 6.45) is -0.823. The normalized spacial score (nSPS) is 20.6. The molecule has 0 radical (unpaired) electrons. The van der Waals surface area contributed by atoms with Gasteiger partial charge < -0.3 is 19.5 Å². The Kier molecular flexibility index (Phi) is 4.90. The van der Waals surface area contributed by atoms with Gasteiger partial charge in [0.2, 0.25) is 6.10 Å². The number of anilines is 1. The fourth-order valence-corrected chi connectivity index (χ4v) is 2.49. The largest absolute Gasteiger partial charge is 0.507 e. The molecule has 2 rings (SSSR count). The van der Waals surface area contributed by atoms with E-state index >= 15 is 0 Å². The molecule has 120 valence electrons. The van der Waals surface area contributed by atoms with Gasteiger partial charge in [-0.05, 0) is 32.9 Å². The lowest BCUT2D eigenvalue weighted by atomic mass is 10.1. The number of benzene rings is 1. The Hall–Kier alpha value is -2.24. The van der Waals surface area contributed by atoms with E-state index in [9.17, 15) is 14.7 Å². The molecule has 0 aliphatic carbocycles. The zero-order valence-electron chi connectivity index (χ0n) is 13.0. The van der Waals surface area contributed by atoms with Gasteiger partial charge in [0.25, 0.3) is 0 Å². The van der Waals surface area contributed by atoms with E-state index < -0.39 is 18.0 Å². The second-order valence-electron chi connectivity index (χ2n) is 5.25. The van der Waals surface area contributed by atoms with Crippen LogP contribution in [0.2, 0.25) is 0 Å². The second-order valence-corrected chi connectivity index (χ2v) is 5.25. The van der Waals surface area contributed by atoms with Gasteiger partial charge in [-0.3, -0.25) is 0 Å². The summed E-state index contributed by atoms with van der Waals surface area (Å²) in [5.74, 6) is -1.42. The van der Waals surface area contributed by atoms with E-state index in [0.717, 1.165) is 18.8 Å². The lowest BCUT2D eigenvalue weighted by Crippen LogP contribution is -2.23. The number of rotatable bonds is 5. The van der Waals surface area contributed by atoms with Crippen LogP contribution in [0.4, 0.5) is 5.69 Å². The minimum absolute atomic E-state index is 0.0447. The first kappa shape index (κ1) is 16.1. The molecule has 1 heterocycles. The molecule has 22 heavy (non-hydrogen) atoms. The van der Waals surface area contributed by atoms with Crippen molar-refractivity contribution >= 4 is 17.6 Å². The molecule has 1 aromatic rings. The first-order valence-corrected chi connectivity index (χ1v) is 7.45. The van der Waals surface area contributed by atoms with Gasteiger partial charge in [-0.25, -0.2) is 9.59 Å². The fourth-order valence-electron chi connectivity index (χ4n) is 2.49. The van der Waals surface area contributed by atoms with E-state index in [-0.39, 0.29) is 17.4 Å². The van der Waals surface area contributed by atoms with Crippen molar-refractivity contribution in [3.8, 4) is 5.75 Å².